The second-order valence-electron chi connectivity index (χ2n) is 3.63. The van der Waals surface area contributed by atoms with E-state index >= 15 is 0 Å². The topological polar surface area (TPSA) is 33.2 Å². The van der Waals surface area contributed by atoms with Crippen LogP contribution in [0.4, 0.5) is 0 Å². The van der Waals surface area contributed by atoms with Crippen molar-refractivity contribution in [2.45, 2.75) is 26.7 Å². The first-order valence-corrected chi connectivity index (χ1v) is 6.39. The van der Waals surface area contributed by atoms with Gasteiger partial charge in [0.1, 0.15) is 4.60 Å². The Morgan fingerprint density at radius 2 is 2.00 bits per heavy atom. The number of halogens is 1. The van der Waals surface area contributed by atoms with E-state index in [1.165, 1.54) is 0 Å². The van der Waals surface area contributed by atoms with E-state index in [9.17, 15) is 4.79 Å². The quantitative estimate of drug-likeness (QED) is 0.779. The standard InChI is InChI=1S/C12H17BrN2O/c1-3-8-15(9-4-2)12(16)10-6-5-7-14-11(10)13/h5-7H,3-4,8-9H2,1-2H3. The van der Waals surface area contributed by atoms with E-state index in [4.69, 9.17) is 0 Å². The van der Waals surface area contributed by atoms with Gasteiger partial charge in [-0.1, -0.05) is 13.8 Å². The SMILES string of the molecule is CCCN(CCC)C(=O)c1cccnc1Br. The van der Waals surface area contributed by atoms with Gasteiger partial charge in [-0.05, 0) is 40.9 Å². The monoisotopic (exact) mass is 284 g/mol. The molecule has 1 heterocycles. The predicted octanol–water partition coefficient (Wildman–Crippen LogP) is 3.11. The molecule has 0 saturated heterocycles. The molecule has 0 bridgehead atoms. The van der Waals surface area contributed by atoms with E-state index < -0.39 is 0 Å². The zero-order chi connectivity index (χ0) is 12.0. The zero-order valence-electron chi connectivity index (χ0n) is 9.74. The summed E-state index contributed by atoms with van der Waals surface area (Å²) in [7, 11) is 0. The van der Waals surface area contributed by atoms with Crippen LogP contribution in [0.15, 0.2) is 22.9 Å². The van der Waals surface area contributed by atoms with Gasteiger partial charge in [0.15, 0.2) is 0 Å². The van der Waals surface area contributed by atoms with Crippen molar-refractivity contribution in [2.24, 2.45) is 0 Å². The zero-order valence-corrected chi connectivity index (χ0v) is 11.3. The first-order valence-electron chi connectivity index (χ1n) is 5.60. The van der Waals surface area contributed by atoms with Gasteiger partial charge in [0, 0.05) is 19.3 Å². The Morgan fingerprint density at radius 3 is 2.50 bits per heavy atom. The van der Waals surface area contributed by atoms with Crippen LogP contribution in [0.2, 0.25) is 0 Å². The molecule has 0 unspecified atom stereocenters. The molecule has 3 nitrogen and oxygen atoms in total. The van der Waals surface area contributed by atoms with Gasteiger partial charge in [0.25, 0.3) is 5.91 Å². The highest BCUT2D eigenvalue weighted by atomic mass is 79.9. The number of carbonyl (C=O) groups excluding carboxylic acids is 1. The smallest absolute Gasteiger partial charge is 0.256 e. The Morgan fingerprint density at radius 1 is 1.38 bits per heavy atom. The third-order valence-electron chi connectivity index (χ3n) is 2.26. The molecule has 0 radical (unpaired) electrons. The second-order valence-corrected chi connectivity index (χ2v) is 4.39. The van der Waals surface area contributed by atoms with Crippen molar-refractivity contribution in [1.82, 2.24) is 9.88 Å². The highest BCUT2D eigenvalue weighted by Gasteiger charge is 2.16. The summed E-state index contributed by atoms with van der Waals surface area (Å²) in [5.74, 6) is 0.0590. The van der Waals surface area contributed by atoms with Crippen LogP contribution in [-0.2, 0) is 0 Å². The van der Waals surface area contributed by atoms with Gasteiger partial charge in [-0.3, -0.25) is 4.79 Å². The molecule has 0 atom stereocenters. The Balaban J connectivity index is 2.85. The lowest BCUT2D eigenvalue weighted by atomic mass is 10.2. The van der Waals surface area contributed by atoms with E-state index in [0.717, 1.165) is 25.9 Å². The molecule has 1 aromatic heterocycles. The first kappa shape index (κ1) is 13.2. The summed E-state index contributed by atoms with van der Waals surface area (Å²) in [6.07, 6.45) is 3.62. The summed E-state index contributed by atoms with van der Waals surface area (Å²) in [6.45, 7) is 5.75. The average Bonchev–Trinajstić information content (AvgIpc) is 2.28. The van der Waals surface area contributed by atoms with Crippen molar-refractivity contribution in [1.29, 1.82) is 0 Å². The minimum atomic E-state index is 0.0590. The summed E-state index contributed by atoms with van der Waals surface area (Å²) >= 11 is 3.31. The lowest BCUT2D eigenvalue weighted by molar-refractivity contribution is 0.0754. The number of hydrogen-bond acceptors (Lipinski definition) is 2. The van der Waals surface area contributed by atoms with E-state index in [2.05, 4.69) is 34.8 Å². The van der Waals surface area contributed by atoms with Crippen molar-refractivity contribution < 1.29 is 4.79 Å². The Kier molecular flexibility index (Phi) is 5.46. The lowest BCUT2D eigenvalue weighted by Gasteiger charge is -2.21. The van der Waals surface area contributed by atoms with Crippen molar-refractivity contribution in [3.63, 3.8) is 0 Å². The van der Waals surface area contributed by atoms with E-state index in [-0.39, 0.29) is 5.91 Å². The molecule has 0 fully saturated rings. The number of amides is 1. The Labute approximate surface area is 105 Å². The molecule has 0 aromatic carbocycles. The summed E-state index contributed by atoms with van der Waals surface area (Å²) in [5, 5.41) is 0. The van der Waals surface area contributed by atoms with Crippen LogP contribution in [0.5, 0.6) is 0 Å². The third-order valence-corrected chi connectivity index (χ3v) is 2.90. The Hall–Kier alpha value is -0.900. The fourth-order valence-electron chi connectivity index (χ4n) is 1.57. The number of carbonyl (C=O) groups is 1. The summed E-state index contributed by atoms with van der Waals surface area (Å²) < 4.78 is 0.622. The van der Waals surface area contributed by atoms with Crippen LogP contribution in [0.25, 0.3) is 0 Å². The highest BCUT2D eigenvalue weighted by Crippen LogP contribution is 2.15. The third kappa shape index (κ3) is 3.30. The molecule has 0 aliphatic carbocycles. The van der Waals surface area contributed by atoms with E-state index in [1.54, 1.807) is 18.3 Å². The molecule has 4 heteroatoms. The number of nitrogens with zero attached hydrogens (tertiary/aromatic N) is 2. The van der Waals surface area contributed by atoms with Gasteiger partial charge in [0.05, 0.1) is 5.56 Å². The van der Waals surface area contributed by atoms with Crippen molar-refractivity contribution >= 4 is 21.8 Å². The van der Waals surface area contributed by atoms with Crippen LogP contribution in [0.3, 0.4) is 0 Å². The van der Waals surface area contributed by atoms with Gasteiger partial charge in [-0.15, -0.1) is 0 Å². The molecule has 1 aromatic rings. The normalized spacial score (nSPS) is 10.2. The van der Waals surface area contributed by atoms with Gasteiger partial charge >= 0.3 is 0 Å². The molecule has 16 heavy (non-hydrogen) atoms. The predicted molar refractivity (Wildman–Crippen MR) is 68.4 cm³/mol. The maximum atomic E-state index is 12.2. The molecule has 88 valence electrons. The van der Waals surface area contributed by atoms with Gasteiger partial charge < -0.3 is 4.90 Å². The van der Waals surface area contributed by atoms with Gasteiger partial charge in [-0.2, -0.15) is 0 Å². The number of aromatic nitrogens is 1. The molecule has 0 spiro atoms. The van der Waals surface area contributed by atoms with E-state index in [0.29, 0.717) is 10.2 Å². The molecular weight excluding hydrogens is 268 g/mol. The van der Waals surface area contributed by atoms with Crippen LogP contribution in [0.1, 0.15) is 37.0 Å². The molecule has 1 rings (SSSR count). The molecule has 0 saturated carbocycles. The Bertz CT molecular complexity index is 349. The van der Waals surface area contributed by atoms with Crippen LogP contribution < -0.4 is 0 Å². The van der Waals surface area contributed by atoms with Crippen LogP contribution in [-0.4, -0.2) is 28.9 Å². The summed E-state index contributed by atoms with van der Waals surface area (Å²) in [4.78, 5) is 18.2. The average molecular weight is 285 g/mol. The van der Waals surface area contributed by atoms with Crippen LogP contribution >= 0.6 is 15.9 Å². The molecule has 1 amide bonds. The van der Waals surface area contributed by atoms with Crippen molar-refractivity contribution in [3.05, 3.63) is 28.5 Å². The van der Waals surface area contributed by atoms with Crippen molar-refractivity contribution in [2.75, 3.05) is 13.1 Å². The van der Waals surface area contributed by atoms with Crippen molar-refractivity contribution in [3.8, 4) is 0 Å². The largest absolute Gasteiger partial charge is 0.339 e. The number of hydrogen-bond donors (Lipinski definition) is 0. The summed E-state index contributed by atoms with van der Waals surface area (Å²) in [5.41, 5.74) is 0.643. The van der Waals surface area contributed by atoms with E-state index in [1.807, 2.05) is 4.90 Å². The number of pyridine rings is 1. The van der Waals surface area contributed by atoms with Gasteiger partial charge in [-0.25, -0.2) is 4.98 Å². The summed E-state index contributed by atoms with van der Waals surface area (Å²) in [6, 6.07) is 3.59. The fraction of sp³-hybridized carbons (Fsp3) is 0.500. The highest BCUT2D eigenvalue weighted by molar-refractivity contribution is 9.10. The minimum Gasteiger partial charge on any atom is -0.339 e. The molecule has 0 aliphatic rings. The number of rotatable bonds is 5. The maximum absolute atomic E-state index is 12.2. The molecule has 0 N–H and O–H groups in total. The minimum absolute atomic E-state index is 0.0590. The lowest BCUT2D eigenvalue weighted by Crippen LogP contribution is -2.32. The van der Waals surface area contributed by atoms with Crippen LogP contribution in [0, 0.1) is 0 Å². The fourth-order valence-corrected chi connectivity index (χ4v) is 1.99. The molecule has 0 aliphatic heterocycles. The van der Waals surface area contributed by atoms with Gasteiger partial charge in [0.2, 0.25) is 0 Å². The second kappa shape index (κ2) is 6.63. The maximum Gasteiger partial charge on any atom is 0.256 e. The first-order chi connectivity index (χ1) is 7.70. The molecular formula is C12H17BrN2O.